The quantitative estimate of drug-likeness (QED) is 0.282. The van der Waals surface area contributed by atoms with Gasteiger partial charge in [0.15, 0.2) is 17.1 Å². The topological polar surface area (TPSA) is 86.0 Å². The summed E-state index contributed by atoms with van der Waals surface area (Å²) in [6.07, 6.45) is 5.67. The predicted octanol–water partition coefficient (Wildman–Crippen LogP) is 4.45. The van der Waals surface area contributed by atoms with Gasteiger partial charge in [-0.3, -0.25) is 0 Å². The van der Waals surface area contributed by atoms with Crippen LogP contribution in [-0.4, -0.2) is 17.7 Å². The first-order valence-corrected chi connectivity index (χ1v) is 8.95. The Kier molecular flexibility index (Phi) is 6.11. The zero-order valence-corrected chi connectivity index (χ0v) is 15.4. The van der Waals surface area contributed by atoms with E-state index in [1.165, 1.54) is 0 Å². The van der Waals surface area contributed by atoms with E-state index in [0.29, 0.717) is 24.3 Å². The number of aromatic hydroxyl groups is 1. The molecule has 1 aromatic heterocycles. The van der Waals surface area contributed by atoms with Gasteiger partial charge in [-0.25, -0.2) is 9.59 Å². The van der Waals surface area contributed by atoms with Gasteiger partial charge in [-0.15, -0.1) is 0 Å². The first-order chi connectivity index (χ1) is 13.6. The largest absolute Gasteiger partial charge is 0.499 e. The van der Waals surface area contributed by atoms with E-state index < -0.39 is 17.3 Å². The zero-order valence-electron chi connectivity index (χ0n) is 15.4. The van der Waals surface area contributed by atoms with E-state index in [4.69, 9.17) is 13.9 Å². The van der Waals surface area contributed by atoms with Crippen molar-refractivity contribution in [2.45, 2.75) is 19.8 Å². The second-order valence-electron chi connectivity index (χ2n) is 5.97. The van der Waals surface area contributed by atoms with E-state index in [2.05, 4.69) is 0 Å². The minimum Gasteiger partial charge on any atom is -0.499 e. The first-order valence-electron chi connectivity index (χ1n) is 8.95. The van der Waals surface area contributed by atoms with Gasteiger partial charge in [0.2, 0.25) is 5.75 Å². The number of rotatable bonds is 7. The normalized spacial score (nSPS) is 11.0. The van der Waals surface area contributed by atoms with Gasteiger partial charge >= 0.3 is 11.6 Å². The predicted molar refractivity (Wildman–Crippen MR) is 105 cm³/mol. The summed E-state index contributed by atoms with van der Waals surface area (Å²) in [7, 11) is 0. The van der Waals surface area contributed by atoms with Gasteiger partial charge in [0, 0.05) is 0 Å². The maximum atomic E-state index is 12.4. The van der Waals surface area contributed by atoms with Crippen LogP contribution >= 0.6 is 0 Å². The third-order valence-electron chi connectivity index (χ3n) is 3.98. The Morgan fingerprint density at radius 1 is 1.11 bits per heavy atom. The summed E-state index contributed by atoms with van der Waals surface area (Å²) in [5.41, 5.74) is -0.607. The highest BCUT2D eigenvalue weighted by Crippen LogP contribution is 2.36. The number of esters is 1. The molecule has 3 aromatic rings. The van der Waals surface area contributed by atoms with E-state index in [1.54, 1.807) is 48.5 Å². The molecule has 0 fully saturated rings. The molecule has 0 aliphatic carbocycles. The van der Waals surface area contributed by atoms with Gasteiger partial charge in [0.25, 0.3) is 0 Å². The zero-order chi connectivity index (χ0) is 19.9. The van der Waals surface area contributed by atoms with Crippen molar-refractivity contribution in [1.29, 1.82) is 0 Å². The number of ether oxygens (including phenoxy) is 2. The highest BCUT2D eigenvalue weighted by molar-refractivity contribution is 5.96. The van der Waals surface area contributed by atoms with Crippen LogP contribution in [0.25, 0.3) is 11.0 Å². The molecule has 0 bridgehead atoms. The van der Waals surface area contributed by atoms with E-state index in [-0.39, 0.29) is 16.7 Å². The lowest BCUT2D eigenvalue weighted by atomic mass is 10.2. The lowest BCUT2D eigenvalue weighted by Crippen LogP contribution is -2.11. The van der Waals surface area contributed by atoms with Crippen LogP contribution in [0.1, 0.15) is 30.1 Å². The number of allylic oxidation sites excluding steroid dienone is 1. The molecule has 0 radical (unpaired) electrons. The fraction of sp³-hybridized carbons (Fsp3) is 0.182. The van der Waals surface area contributed by atoms with E-state index in [0.717, 1.165) is 6.42 Å². The van der Waals surface area contributed by atoms with E-state index in [9.17, 15) is 14.7 Å². The molecule has 3 rings (SSSR count). The Labute approximate surface area is 161 Å². The molecule has 28 heavy (non-hydrogen) atoms. The fourth-order valence-corrected chi connectivity index (χ4v) is 2.63. The average molecular weight is 380 g/mol. The molecule has 6 nitrogen and oxygen atoms in total. The van der Waals surface area contributed by atoms with Crippen molar-refractivity contribution >= 4 is 16.9 Å². The van der Waals surface area contributed by atoms with Crippen molar-refractivity contribution in [2.24, 2.45) is 0 Å². The van der Waals surface area contributed by atoms with Crippen molar-refractivity contribution in [3.63, 3.8) is 0 Å². The standard InChI is InChI=1S/C22H20O6/c1-2-3-4-8-14-26-17-13-9-12-16-19(17)27-22(25)18(23)20(16)28-21(24)15-10-6-5-7-11-15/h3-7,9-13,23H,2,8,14H2,1H3. The fourth-order valence-electron chi connectivity index (χ4n) is 2.63. The number of carbonyl (C=O) groups excluding carboxylic acids is 1. The van der Waals surface area contributed by atoms with Gasteiger partial charge in [-0.1, -0.05) is 43.3 Å². The summed E-state index contributed by atoms with van der Waals surface area (Å²) in [6, 6.07) is 13.2. The molecule has 0 atom stereocenters. The maximum Gasteiger partial charge on any atom is 0.382 e. The lowest BCUT2D eigenvalue weighted by molar-refractivity contribution is 0.0731. The summed E-state index contributed by atoms with van der Waals surface area (Å²) in [6.45, 7) is 2.43. The van der Waals surface area contributed by atoms with Gasteiger partial charge in [-0.2, -0.15) is 0 Å². The van der Waals surface area contributed by atoms with Crippen molar-refractivity contribution in [3.05, 3.63) is 76.7 Å². The Balaban J connectivity index is 1.95. The minimum absolute atomic E-state index is 0.112. The van der Waals surface area contributed by atoms with E-state index >= 15 is 0 Å². The summed E-state index contributed by atoms with van der Waals surface area (Å²) in [5.74, 6) is -1.38. The van der Waals surface area contributed by atoms with Gasteiger partial charge in [-0.05, 0) is 37.1 Å². The van der Waals surface area contributed by atoms with Crippen molar-refractivity contribution in [1.82, 2.24) is 0 Å². The molecule has 0 saturated carbocycles. The number of para-hydroxylation sites is 1. The Morgan fingerprint density at radius 2 is 1.89 bits per heavy atom. The van der Waals surface area contributed by atoms with Crippen LogP contribution in [0.15, 0.2) is 69.9 Å². The van der Waals surface area contributed by atoms with Gasteiger partial charge in [0.1, 0.15) is 0 Å². The molecule has 2 aromatic carbocycles. The summed E-state index contributed by atoms with van der Waals surface area (Å²) in [4.78, 5) is 24.4. The highest BCUT2D eigenvalue weighted by Gasteiger charge is 2.21. The monoisotopic (exact) mass is 380 g/mol. The molecule has 0 aliphatic heterocycles. The second-order valence-corrected chi connectivity index (χ2v) is 5.97. The molecule has 0 aliphatic rings. The SMILES string of the molecule is CCC=CCCOc1cccc2c(OC(=O)c3ccccc3)c(O)c(=O)oc12. The highest BCUT2D eigenvalue weighted by atomic mass is 16.5. The molecule has 0 saturated heterocycles. The van der Waals surface area contributed by atoms with Gasteiger partial charge in [0.05, 0.1) is 17.6 Å². The molecule has 0 unspecified atom stereocenters. The number of benzene rings is 2. The van der Waals surface area contributed by atoms with Crippen LogP contribution in [0.2, 0.25) is 0 Å². The minimum atomic E-state index is -1.01. The molecular formula is C22H20O6. The number of carbonyl (C=O) groups is 1. The average Bonchev–Trinajstić information content (AvgIpc) is 2.72. The van der Waals surface area contributed by atoms with Crippen LogP contribution in [0, 0.1) is 0 Å². The van der Waals surface area contributed by atoms with Crippen LogP contribution < -0.4 is 15.1 Å². The lowest BCUT2D eigenvalue weighted by Gasteiger charge is -2.11. The smallest absolute Gasteiger partial charge is 0.382 e. The Morgan fingerprint density at radius 3 is 2.64 bits per heavy atom. The molecule has 1 heterocycles. The summed E-state index contributed by atoms with van der Waals surface area (Å²) < 4.78 is 16.2. The number of hydrogen-bond donors (Lipinski definition) is 1. The Hall–Kier alpha value is -3.54. The maximum absolute atomic E-state index is 12.4. The third kappa shape index (κ3) is 4.23. The third-order valence-corrected chi connectivity index (χ3v) is 3.98. The summed E-state index contributed by atoms with van der Waals surface area (Å²) >= 11 is 0. The second kappa shape index (κ2) is 8.90. The summed E-state index contributed by atoms with van der Waals surface area (Å²) in [5, 5.41) is 10.4. The van der Waals surface area contributed by atoms with Gasteiger partial charge < -0.3 is 19.0 Å². The van der Waals surface area contributed by atoms with E-state index in [1.807, 2.05) is 19.1 Å². The molecule has 144 valence electrons. The van der Waals surface area contributed by atoms with Crippen molar-refractivity contribution in [3.8, 4) is 17.2 Å². The van der Waals surface area contributed by atoms with Crippen molar-refractivity contribution < 1.29 is 23.8 Å². The van der Waals surface area contributed by atoms with Crippen molar-refractivity contribution in [2.75, 3.05) is 6.61 Å². The first kappa shape index (κ1) is 19.2. The molecular weight excluding hydrogens is 360 g/mol. The number of hydrogen-bond acceptors (Lipinski definition) is 6. The molecule has 1 N–H and O–H groups in total. The Bertz CT molecular complexity index is 1050. The van der Waals surface area contributed by atoms with Crippen LogP contribution in [-0.2, 0) is 0 Å². The molecule has 0 amide bonds. The van der Waals surface area contributed by atoms with Crippen LogP contribution in [0.4, 0.5) is 0 Å². The van der Waals surface area contributed by atoms with Crippen LogP contribution in [0.3, 0.4) is 0 Å². The molecule has 6 heteroatoms. The molecule has 0 spiro atoms. The number of fused-ring (bicyclic) bond motifs is 1. The van der Waals surface area contributed by atoms with Crippen LogP contribution in [0.5, 0.6) is 17.2 Å².